The lowest BCUT2D eigenvalue weighted by Crippen LogP contribution is -2.27. The van der Waals surface area contributed by atoms with Crippen molar-refractivity contribution in [2.45, 2.75) is 6.54 Å². The topological polar surface area (TPSA) is 70.5 Å². The van der Waals surface area contributed by atoms with Crippen molar-refractivity contribution in [3.8, 4) is 0 Å². The van der Waals surface area contributed by atoms with Gasteiger partial charge in [-0.25, -0.2) is 9.18 Å². The number of carbonyl (C=O) groups is 2. The zero-order chi connectivity index (χ0) is 15.4. The third-order valence-corrected chi connectivity index (χ3v) is 2.89. The van der Waals surface area contributed by atoms with E-state index in [9.17, 15) is 14.0 Å². The van der Waals surface area contributed by atoms with Gasteiger partial charge in [-0.15, -0.1) is 0 Å². The van der Waals surface area contributed by atoms with Gasteiger partial charge in [0.2, 0.25) is 0 Å². The third kappa shape index (κ3) is 3.62. The summed E-state index contributed by atoms with van der Waals surface area (Å²) in [6.07, 6.45) is 1.13. The Bertz CT molecular complexity index is 671. The number of aromatic carboxylic acids is 1. The van der Waals surface area contributed by atoms with Gasteiger partial charge in [0.25, 0.3) is 5.91 Å². The smallest absolute Gasteiger partial charge is 0.337 e. The van der Waals surface area contributed by atoms with Crippen LogP contribution in [0.25, 0.3) is 0 Å². The molecule has 2 rings (SSSR count). The highest BCUT2D eigenvalue weighted by molar-refractivity contribution is 5.93. The number of amides is 1. The molecule has 0 saturated heterocycles. The molecule has 5 nitrogen and oxygen atoms in total. The summed E-state index contributed by atoms with van der Waals surface area (Å²) in [5.74, 6) is -1.83. The molecule has 0 aliphatic rings. The Morgan fingerprint density at radius 2 is 2.05 bits per heavy atom. The predicted octanol–water partition coefficient (Wildman–Crippen LogP) is 2.19. The van der Waals surface area contributed by atoms with Gasteiger partial charge >= 0.3 is 5.97 Å². The van der Waals surface area contributed by atoms with Crippen molar-refractivity contribution in [1.29, 1.82) is 0 Å². The van der Waals surface area contributed by atoms with Gasteiger partial charge in [0, 0.05) is 19.8 Å². The standard InChI is InChI=1S/C15H13FN2O3/c1-18(9-10-3-2-4-12(16)7-10)14(19)13-6-5-11(8-17-13)15(20)21/h2-8H,9H2,1H3,(H,20,21). The van der Waals surface area contributed by atoms with Crippen LogP contribution < -0.4 is 0 Å². The van der Waals surface area contributed by atoms with Gasteiger partial charge in [0.1, 0.15) is 11.5 Å². The van der Waals surface area contributed by atoms with E-state index in [2.05, 4.69) is 4.98 Å². The maximum Gasteiger partial charge on any atom is 0.337 e. The molecule has 0 aliphatic carbocycles. The molecule has 1 N–H and O–H groups in total. The lowest BCUT2D eigenvalue weighted by molar-refractivity contribution is 0.0694. The van der Waals surface area contributed by atoms with Crippen molar-refractivity contribution in [3.05, 3.63) is 65.2 Å². The Morgan fingerprint density at radius 1 is 1.29 bits per heavy atom. The number of rotatable bonds is 4. The van der Waals surface area contributed by atoms with E-state index in [0.717, 1.165) is 6.20 Å². The van der Waals surface area contributed by atoms with Crippen LogP contribution in [0.1, 0.15) is 26.4 Å². The molecule has 21 heavy (non-hydrogen) atoms. The van der Waals surface area contributed by atoms with Crippen molar-refractivity contribution in [2.24, 2.45) is 0 Å². The zero-order valence-electron chi connectivity index (χ0n) is 11.3. The molecule has 0 aliphatic heterocycles. The first-order valence-corrected chi connectivity index (χ1v) is 6.16. The molecule has 1 aromatic heterocycles. The number of benzene rings is 1. The molecule has 1 heterocycles. The van der Waals surface area contributed by atoms with E-state index in [1.54, 1.807) is 19.2 Å². The van der Waals surface area contributed by atoms with Crippen LogP contribution in [-0.2, 0) is 6.54 Å². The van der Waals surface area contributed by atoms with Gasteiger partial charge in [0.15, 0.2) is 0 Å². The number of carboxylic acids is 1. The summed E-state index contributed by atoms with van der Waals surface area (Å²) in [6.45, 7) is 0.235. The van der Waals surface area contributed by atoms with Crippen LogP contribution in [0.15, 0.2) is 42.6 Å². The lowest BCUT2D eigenvalue weighted by atomic mass is 10.2. The van der Waals surface area contributed by atoms with Crippen molar-refractivity contribution in [2.75, 3.05) is 7.05 Å². The molecule has 2 aromatic rings. The molecule has 0 spiro atoms. The highest BCUT2D eigenvalue weighted by atomic mass is 19.1. The fraction of sp³-hybridized carbons (Fsp3) is 0.133. The molecular formula is C15H13FN2O3. The zero-order valence-corrected chi connectivity index (χ0v) is 11.3. The second-order valence-corrected chi connectivity index (χ2v) is 4.53. The first-order valence-electron chi connectivity index (χ1n) is 6.16. The molecule has 0 bridgehead atoms. The first kappa shape index (κ1) is 14.6. The minimum absolute atomic E-state index is 0.0133. The maximum atomic E-state index is 13.1. The van der Waals surface area contributed by atoms with E-state index in [0.29, 0.717) is 5.56 Å². The van der Waals surface area contributed by atoms with E-state index >= 15 is 0 Å². The molecule has 6 heteroatoms. The number of aromatic nitrogens is 1. The molecule has 1 aromatic carbocycles. The molecule has 108 valence electrons. The van der Waals surface area contributed by atoms with Gasteiger partial charge in [0.05, 0.1) is 5.56 Å². The summed E-state index contributed by atoms with van der Waals surface area (Å²) in [7, 11) is 1.57. The summed E-state index contributed by atoms with van der Waals surface area (Å²) < 4.78 is 13.1. The van der Waals surface area contributed by atoms with Crippen molar-refractivity contribution in [3.63, 3.8) is 0 Å². The number of nitrogens with zero attached hydrogens (tertiary/aromatic N) is 2. The van der Waals surface area contributed by atoms with E-state index in [4.69, 9.17) is 5.11 Å². The van der Waals surface area contributed by atoms with Crippen molar-refractivity contribution >= 4 is 11.9 Å². The Labute approximate surface area is 120 Å². The van der Waals surface area contributed by atoms with E-state index in [1.165, 1.54) is 29.2 Å². The summed E-state index contributed by atoms with van der Waals surface area (Å²) in [4.78, 5) is 28.1. The number of hydrogen-bond donors (Lipinski definition) is 1. The van der Waals surface area contributed by atoms with E-state index in [-0.39, 0.29) is 29.5 Å². The molecule has 0 unspecified atom stereocenters. The average Bonchev–Trinajstić information content (AvgIpc) is 2.46. The average molecular weight is 288 g/mol. The number of halogens is 1. The predicted molar refractivity (Wildman–Crippen MR) is 73.4 cm³/mol. The van der Waals surface area contributed by atoms with Crippen molar-refractivity contribution in [1.82, 2.24) is 9.88 Å². The van der Waals surface area contributed by atoms with Gasteiger partial charge in [-0.3, -0.25) is 9.78 Å². The number of carbonyl (C=O) groups excluding carboxylic acids is 1. The maximum absolute atomic E-state index is 13.1. The Kier molecular flexibility index (Phi) is 4.27. The summed E-state index contributed by atoms with van der Waals surface area (Å²) in [5.41, 5.74) is 0.811. The van der Waals surface area contributed by atoms with Gasteiger partial charge < -0.3 is 10.0 Å². The monoisotopic (exact) mass is 288 g/mol. The molecule has 0 saturated carbocycles. The van der Waals surface area contributed by atoms with Gasteiger partial charge in [-0.05, 0) is 29.8 Å². The fourth-order valence-electron chi connectivity index (χ4n) is 1.82. The molecule has 1 amide bonds. The normalized spacial score (nSPS) is 10.2. The van der Waals surface area contributed by atoms with E-state index in [1.807, 2.05) is 0 Å². The number of hydrogen-bond acceptors (Lipinski definition) is 3. The van der Waals surface area contributed by atoms with E-state index < -0.39 is 5.97 Å². The van der Waals surface area contributed by atoms with Crippen LogP contribution >= 0.6 is 0 Å². The van der Waals surface area contributed by atoms with Gasteiger partial charge in [-0.1, -0.05) is 12.1 Å². The summed E-state index contributed by atoms with van der Waals surface area (Å²) in [5, 5.41) is 8.77. The first-order chi connectivity index (χ1) is 9.97. The number of pyridine rings is 1. The Morgan fingerprint density at radius 3 is 2.62 bits per heavy atom. The fourth-order valence-corrected chi connectivity index (χ4v) is 1.82. The van der Waals surface area contributed by atoms with Crippen LogP contribution in [0.4, 0.5) is 4.39 Å². The van der Waals surface area contributed by atoms with Crippen LogP contribution in [0.3, 0.4) is 0 Å². The SMILES string of the molecule is CN(Cc1cccc(F)c1)C(=O)c1ccc(C(=O)O)cn1. The molecule has 0 radical (unpaired) electrons. The second kappa shape index (κ2) is 6.13. The highest BCUT2D eigenvalue weighted by Crippen LogP contribution is 2.09. The summed E-state index contributed by atoms with van der Waals surface area (Å²) >= 11 is 0. The number of carboxylic acid groups (broad SMARTS) is 1. The third-order valence-electron chi connectivity index (χ3n) is 2.89. The minimum Gasteiger partial charge on any atom is -0.478 e. The van der Waals surface area contributed by atoms with Crippen LogP contribution in [0.2, 0.25) is 0 Å². The molecular weight excluding hydrogens is 275 g/mol. The quantitative estimate of drug-likeness (QED) is 0.936. The van der Waals surface area contributed by atoms with Crippen LogP contribution in [0.5, 0.6) is 0 Å². The highest BCUT2D eigenvalue weighted by Gasteiger charge is 2.14. The molecule has 0 fully saturated rings. The Hall–Kier alpha value is -2.76. The Balaban J connectivity index is 2.10. The van der Waals surface area contributed by atoms with Gasteiger partial charge in [-0.2, -0.15) is 0 Å². The van der Waals surface area contributed by atoms with Crippen LogP contribution in [-0.4, -0.2) is 33.9 Å². The minimum atomic E-state index is -1.10. The lowest BCUT2D eigenvalue weighted by Gasteiger charge is -2.16. The van der Waals surface area contributed by atoms with Crippen LogP contribution in [0, 0.1) is 5.82 Å². The largest absolute Gasteiger partial charge is 0.478 e. The van der Waals surface area contributed by atoms with Crippen molar-refractivity contribution < 1.29 is 19.1 Å². The summed E-state index contributed by atoms with van der Waals surface area (Å²) in [6, 6.07) is 8.64. The molecule has 0 atom stereocenters. The second-order valence-electron chi connectivity index (χ2n) is 4.53.